The summed E-state index contributed by atoms with van der Waals surface area (Å²) in [6.07, 6.45) is 3.96. The normalized spacial score (nSPS) is 18.1. The summed E-state index contributed by atoms with van der Waals surface area (Å²) in [6.45, 7) is 2.17. The van der Waals surface area contributed by atoms with Crippen LogP contribution < -0.4 is 10.6 Å². The number of aromatic nitrogens is 1. The molecule has 31 heavy (non-hydrogen) atoms. The number of rotatable bonds is 6. The minimum absolute atomic E-state index is 0.0661. The molecule has 8 nitrogen and oxygen atoms in total. The van der Waals surface area contributed by atoms with Gasteiger partial charge in [-0.1, -0.05) is 17.8 Å². The van der Waals surface area contributed by atoms with E-state index in [9.17, 15) is 14.4 Å². The highest BCUT2D eigenvalue weighted by Crippen LogP contribution is 2.29. The average Bonchev–Trinajstić information content (AvgIpc) is 3.44. The fraction of sp³-hybridized carbons (Fsp3) is 0.318. The number of nitrogens with one attached hydrogen (secondary N) is 2. The van der Waals surface area contributed by atoms with Gasteiger partial charge in [-0.25, -0.2) is 0 Å². The lowest BCUT2D eigenvalue weighted by molar-refractivity contribution is -0.121. The summed E-state index contributed by atoms with van der Waals surface area (Å²) in [4.78, 5) is 47.2. The van der Waals surface area contributed by atoms with Crippen LogP contribution in [0.2, 0.25) is 0 Å². The summed E-state index contributed by atoms with van der Waals surface area (Å²) < 4.78 is 0. The Morgan fingerprint density at radius 1 is 1.10 bits per heavy atom. The van der Waals surface area contributed by atoms with Crippen LogP contribution in [0.4, 0.5) is 5.69 Å². The molecule has 0 saturated carbocycles. The highest BCUT2D eigenvalue weighted by molar-refractivity contribution is 8.15. The number of aliphatic imine (C=N–C) groups is 1. The van der Waals surface area contributed by atoms with Gasteiger partial charge in [0.25, 0.3) is 11.8 Å². The van der Waals surface area contributed by atoms with Crippen LogP contribution in [-0.2, 0) is 16.1 Å². The fourth-order valence-corrected chi connectivity index (χ4v) is 4.53. The molecule has 0 spiro atoms. The number of carbonyl (C=O) groups is 3. The van der Waals surface area contributed by atoms with E-state index in [1.807, 2.05) is 18.2 Å². The maximum atomic E-state index is 12.4. The Morgan fingerprint density at radius 3 is 2.58 bits per heavy atom. The van der Waals surface area contributed by atoms with Gasteiger partial charge >= 0.3 is 0 Å². The Balaban J connectivity index is 1.25. The van der Waals surface area contributed by atoms with Crippen molar-refractivity contribution in [3.63, 3.8) is 0 Å². The number of carbonyl (C=O) groups excluding carboxylic acids is 3. The summed E-state index contributed by atoms with van der Waals surface area (Å²) in [5, 5.41) is 5.86. The minimum atomic E-state index is -0.479. The molecular weight excluding hydrogens is 414 g/mol. The van der Waals surface area contributed by atoms with Gasteiger partial charge in [0.2, 0.25) is 5.91 Å². The molecule has 3 heterocycles. The summed E-state index contributed by atoms with van der Waals surface area (Å²) in [5.41, 5.74) is 1.83. The van der Waals surface area contributed by atoms with Crippen LogP contribution >= 0.6 is 11.8 Å². The van der Waals surface area contributed by atoms with Crippen molar-refractivity contribution in [2.24, 2.45) is 4.99 Å². The quantitative estimate of drug-likeness (QED) is 0.719. The molecule has 2 aromatic rings. The van der Waals surface area contributed by atoms with Crippen LogP contribution in [-0.4, -0.2) is 51.1 Å². The molecule has 160 valence electrons. The van der Waals surface area contributed by atoms with Crippen LogP contribution in [0.3, 0.4) is 0 Å². The third-order valence-electron chi connectivity index (χ3n) is 5.06. The van der Waals surface area contributed by atoms with Gasteiger partial charge in [0.15, 0.2) is 5.17 Å². The molecule has 4 rings (SSSR count). The van der Waals surface area contributed by atoms with E-state index in [0.29, 0.717) is 17.8 Å². The number of benzene rings is 1. The first-order valence-corrected chi connectivity index (χ1v) is 11.1. The van der Waals surface area contributed by atoms with Gasteiger partial charge in [-0.3, -0.25) is 19.4 Å². The van der Waals surface area contributed by atoms with E-state index >= 15 is 0 Å². The molecule has 1 saturated heterocycles. The van der Waals surface area contributed by atoms with E-state index in [2.05, 4.69) is 25.5 Å². The van der Waals surface area contributed by atoms with E-state index < -0.39 is 5.25 Å². The van der Waals surface area contributed by atoms with E-state index in [1.165, 1.54) is 11.8 Å². The van der Waals surface area contributed by atoms with Crippen molar-refractivity contribution >= 4 is 40.3 Å². The van der Waals surface area contributed by atoms with Gasteiger partial charge in [0.1, 0.15) is 5.25 Å². The van der Waals surface area contributed by atoms with Gasteiger partial charge in [0.05, 0.1) is 12.2 Å². The van der Waals surface area contributed by atoms with Crippen LogP contribution in [0.15, 0.2) is 53.7 Å². The third kappa shape index (κ3) is 5.49. The number of pyridine rings is 1. The average molecular weight is 438 g/mol. The number of hydrogen-bond donors (Lipinski definition) is 2. The summed E-state index contributed by atoms with van der Waals surface area (Å²) in [6, 6.07) is 12.2. The molecule has 3 amide bonds. The number of hydrogen-bond acceptors (Lipinski definition) is 6. The Labute approximate surface area is 184 Å². The van der Waals surface area contributed by atoms with Crippen molar-refractivity contribution in [2.45, 2.75) is 31.1 Å². The van der Waals surface area contributed by atoms with Crippen molar-refractivity contribution in [3.05, 3.63) is 59.9 Å². The van der Waals surface area contributed by atoms with E-state index in [-0.39, 0.29) is 24.1 Å². The Kier molecular flexibility index (Phi) is 6.61. The molecule has 2 aliphatic rings. The first-order chi connectivity index (χ1) is 15.1. The van der Waals surface area contributed by atoms with Gasteiger partial charge in [-0.15, -0.1) is 0 Å². The van der Waals surface area contributed by atoms with Gasteiger partial charge in [0, 0.05) is 37.0 Å². The second-order valence-corrected chi connectivity index (χ2v) is 8.54. The SMILES string of the molecule is O=C(CC1SC(N2CCCC2)=NC1=O)Nc1ccc(C(=O)NCc2ccccn2)cc1. The van der Waals surface area contributed by atoms with Crippen LogP contribution in [0.25, 0.3) is 0 Å². The van der Waals surface area contributed by atoms with E-state index in [0.717, 1.165) is 36.8 Å². The third-order valence-corrected chi connectivity index (χ3v) is 6.28. The van der Waals surface area contributed by atoms with Crippen LogP contribution in [0, 0.1) is 0 Å². The number of thioether (sulfide) groups is 1. The molecule has 0 bridgehead atoms. The van der Waals surface area contributed by atoms with Crippen molar-refractivity contribution in [1.82, 2.24) is 15.2 Å². The molecule has 0 aliphatic carbocycles. The Morgan fingerprint density at radius 2 is 1.87 bits per heavy atom. The molecular formula is C22H23N5O3S. The highest BCUT2D eigenvalue weighted by Gasteiger charge is 2.33. The molecule has 9 heteroatoms. The predicted molar refractivity (Wildman–Crippen MR) is 120 cm³/mol. The first-order valence-electron chi connectivity index (χ1n) is 10.2. The van der Waals surface area contributed by atoms with Crippen LogP contribution in [0.1, 0.15) is 35.3 Å². The lowest BCUT2D eigenvalue weighted by Gasteiger charge is -2.16. The zero-order valence-electron chi connectivity index (χ0n) is 16.9. The van der Waals surface area contributed by atoms with E-state index in [1.54, 1.807) is 30.5 Å². The zero-order chi connectivity index (χ0) is 21.6. The van der Waals surface area contributed by atoms with Gasteiger partial charge in [-0.05, 0) is 49.2 Å². The number of likely N-dealkylation sites (tertiary alicyclic amines) is 1. The topological polar surface area (TPSA) is 104 Å². The Hall–Kier alpha value is -3.20. The molecule has 2 N–H and O–H groups in total. The molecule has 1 unspecified atom stereocenters. The highest BCUT2D eigenvalue weighted by atomic mass is 32.2. The predicted octanol–water partition coefficient (Wildman–Crippen LogP) is 2.43. The standard InChI is InChI=1S/C22H23N5O3S/c28-19(13-18-21(30)26-22(31-18)27-11-3-4-12-27)25-16-8-6-15(7-9-16)20(29)24-14-17-5-1-2-10-23-17/h1-2,5-10,18H,3-4,11-14H2,(H,24,29)(H,25,28). The molecule has 1 atom stereocenters. The smallest absolute Gasteiger partial charge is 0.262 e. The lowest BCUT2D eigenvalue weighted by Crippen LogP contribution is -2.25. The van der Waals surface area contributed by atoms with Crippen molar-refractivity contribution < 1.29 is 14.4 Å². The number of anilines is 1. The molecule has 0 radical (unpaired) electrons. The molecule has 2 aliphatic heterocycles. The number of amidine groups is 1. The number of amides is 3. The van der Waals surface area contributed by atoms with Crippen molar-refractivity contribution in [3.8, 4) is 0 Å². The maximum Gasteiger partial charge on any atom is 0.262 e. The zero-order valence-corrected chi connectivity index (χ0v) is 17.7. The largest absolute Gasteiger partial charge is 0.351 e. The Bertz CT molecular complexity index is 988. The number of nitrogens with zero attached hydrogens (tertiary/aromatic N) is 3. The second-order valence-electron chi connectivity index (χ2n) is 7.37. The lowest BCUT2D eigenvalue weighted by atomic mass is 10.2. The molecule has 1 aromatic carbocycles. The summed E-state index contributed by atoms with van der Waals surface area (Å²) in [5.74, 6) is -0.721. The van der Waals surface area contributed by atoms with Gasteiger partial charge in [-0.2, -0.15) is 4.99 Å². The fourth-order valence-electron chi connectivity index (χ4n) is 3.41. The van der Waals surface area contributed by atoms with Gasteiger partial charge < -0.3 is 15.5 Å². The molecule has 1 aromatic heterocycles. The van der Waals surface area contributed by atoms with E-state index in [4.69, 9.17) is 0 Å². The molecule has 1 fully saturated rings. The van der Waals surface area contributed by atoms with Crippen LogP contribution in [0.5, 0.6) is 0 Å². The second kappa shape index (κ2) is 9.74. The maximum absolute atomic E-state index is 12.4. The van der Waals surface area contributed by atoms with Crippen molar-refractivity contribution in [2.75, 3.05) is 18.4 Å². The minimum Gasteiger partial charge on any atom is -0.351 e. The summed E-state index contributed by atoms with van der Waals surface area (Å²) >= 11 is 1.37. The monoisotopic (exact) mass is 437 g/mol. The van der Waals surface area contributed by atoms with Crippen molar-refractivity contribution in [1.29, 1.82) is 0 Å². The first kappa shape index (κ1) is 21.0. The summed E-state index contributed by atoms with van der Waals surface area (Å²) in [7, 11) is 0.